The summed E-state index contributed by atoms with van der Waals surface area (Å²) >= 11 is 0. The minimum atomic E-state index is -1.87. The first-order valence-electron chi connectivity index (χ1n) is 10.8. The molecule has 0 aliphatic carbocycles. The standard InChI is InChI=1S/C23H38O3P/c1-3-4-5-6-7-8-9-10-11-12-14-17-22(21(2)24)20-26-27(25)23-18-15-13-16-19-23/h13,15-16,18-19,22H,3-12,14,17,20H2,1-2H3/q+1. The number of unbranched alkanes of at least 4 members (excludes halogenated alkanes) is 10. The van der Waals surface area contributed by atoms with Crippen LogP contribution in [-0.4, -0.2) is 12.4 Å². The lowest BCUT2D eigenvalue weighted by atomic mass is 9.97. The van der Waals surface area contributed by atoms with Gasteiger partial charge in [0.25, 0.3) is 0 Å². The molecule has 0 aliphatic heterocycles. The second kappa shape index (κ2) is 16.0. The average Bonchev–Trinajstić information content (AvgIpc) is 2.68. The van der Waals surface area contributed by atoms with E-state index in [0.29, 0.717) is 5.30 Å². The highest BCUT2D eigenvalue weighted by atomic mass is 31.1. The average molecular weight is 394 g/mol. The Hall–Kier alpha value is -1.05. The summed E-state index contributed by atoms with van der Waals surface area (Å²) in [5, 5.41) is 0.685. The number of benzene rings is 1. The second-order valence-electron chi connectivity index (χ2n) is 7.52. The van der Waals surface area contributed by atoms with Crippen LogP contribution in [0, 0.1) is 5.92 Å². The van der Waals surface area contributed by atoms with E-state index in [-0.39, 0.29) is 18.3 Å². The van der Waals surface area contributed by atoms with Crippen LogP contribution in [0.2, 0.25) is 0 Å². The lowest BCUT2D eigenvalue weighted by Crippen LogP contribution is -2.17. The van der Waals surface area contributed by atoms with Gasteiger partial charge in [-0.2, -0.15) is 0 Å². The maximum absolute atomic E-state index is 12.1. The van der Waals surface area contributed by atoms with Gasteiger partial charge in [0.15, 0.2) is 0 Å². The van der Waals surface area contributed by atoms with Crippen molar-refractivity contribution in [3.63, 3.8) is 0 Å². The molecule has 1 aromatic rings. The Kier molecular flexibility index (Phi) is 14.2. The molecular weight excluding hydrogens is 355 g/mol. The zero-order valence-corrected chi connectivity index (χ0v) is 18.2. The summed E-state index contributed by atoms with van der Waals surface area (Å²) < 4.78 is 17.6. The molecule has 1 rings (SSSR count). The predicted molar refractivity (Wildman–Crippen MR) is 115 cm³/mol. The summed E-state index contributed by atoms with van der Waals surface area (Å²) in [6.07, 6.45) is 15.1. The zero-order valence-electron chi connectivity index (χ0n) is 17.3. The van der Waals surface area contributed by atoms with Crippen molar-refractivity contribution in [3.8, 4) is 0 Å². The quantitative estimate of drug-likeness (QED) is 0.212. The first-order chi connectivity index (χ1) is 13.1. The summed E-state index contributed by atoms with van der Waals surface area (Å²) in [6, 6.07) is 9.17. The van der Waals surface area contributed by atoms with Crippen LogP contribution in [0.3, 0.4) is 0 Å². The van der Waals surface area contributed by atoms with Crippen molar-refractivity contribution in [1.29, 1.82) is 0 Å². The van der Waals surface area contributed by atoms with E-state index in [1.54, 1.807) is 19.1 Å². The van der Waals surface area contributed by atoms with E-state index in [1.807, 2.05) is 18.2 Å². The van der Waals surface area contributed by atoms with Gasteiger partial charge in [-0.1, -0.05) is 95.8 Å². The highest BCUT2D eigenvalue weighted by Gasteiger charge is 2.25. The van der Waals surface area contributed by atoms with Gasteiger partial charge < -0.3 is 0 Å². The Morgan fingerprint density at radius 3 is 1.93 bits per heavy atom. The number of Topliss-reactive ketones (excluding diaryl/α,β-unsaturated/α-hetero) is 1. The van der Waals surface area contributed by atoms with Crippen molar-refractivity contribution >= 4 is 19.1 Å². The van der Waals surface area contributed by atoms with Gasteiger partial charge in [0.2, 0.25) is 5.30 Å². The SMILES string of the molecule is CCCCCCCCCCCCCC(CO[P+](=O)c1ccccc1)C(C)=O. The fraction of sp³-hybridized carbons (Fsp3) is 0.696. The van der Waals surface area contributed by atoms with Crippen LogP contribution in [-0.2, 0) is 13.9 Å². The molecule has 0 N–H and O–H groups in total. The highest BCUT2D eigenvalue weighted by Crippen LogP contribution is 2.24. The van der Waals surface area contributed by atoms with E-state index in [1.165, 1.54) is 64.2 Å². The number of hydrogen-bond donors (Lipinski definition) is 0. The predicted octanol–water partition coefficient (Wildman–Crippen LogP) is 6.98. The molecule has 0 amide bonds. The first-order valence-corrected chi connectivity index (χ1v) is 12.0. The molecule has 0 saturated carbocycles. The van der Waals surface area contributed by atoms with E-state index < -0.39 is 8.03 Å². The normalized spacial score (nSPS) is 12.7. The minimum Gasteiger partial charge on any atom is -0.300 e. The van der Waals surface area contributed by atoms with Crippen molar-refractivity contribution in [3.05, 3.63) is 30.3 Å². The van der Waals surface area contributed by atoms with Crippen molar-refractivity contribution < 1.29 is 13.9 Å². The van der Waals surface area contributed by atoms with E-state index in [9.17, 15) is 9.36 Å². The monoisotopic (exact) mass is 393 g/mol. The molecule has 0 heterocycles. The molecule has 0 radical (unpaired) electrons. The van der Waals surface area contributed by atoms with Crippen molar-refractivity contribution in [2.24, 2.45) is 5.92 Å². The van der Waals surface area contributed by atoms with Gasteiger partial charge in [0.1, 0.15) is 12.4 Å². The minimum absolute atomic E-state index is 0.133. The van der Waals surface area contributed by atoms with E-state index >= 15 is 0 Å². The van der Waals surface area contributed by atoms with Gasteiger partial charge in [-0.15, -0.1) is 4.52 Å². The summed E-state index contributed by atoms with van der Waals surface area (Å²) in [4.78, 5) is 11.8. The molecule has 3 nitrogen and oxygen atoms in total. The van der Waals surface area contributed by atoms with E-state index in [4.69, 9.17) is 4.52 Å². The molecular formula is C23H38O3P+. The van der Waals surface area contributed by atoms with Gasteiger partial charge in [-0.3, -0.25) is 4.79 Å². The van der Waals surface area contributed by atoms with Crippen LogP contribution < -0.4 is 5.30 Å². The van der Waals surface area contributed by atoms with Crippen molar-refractivity contribution in [2.45, 2.75) is 90.9 Å². The number of carbonyl (C=O) groups excluding carboxylic acids is 1. The third kappa shape index (κ3) is 12.1. The van der Waals surface area contributed by atoms with Crippen molar-refractivity contribution in [1.82, 2.24) is 0 Å². The van der Waals surface area contributed by atoms with E-state index in [2.05, 4.69) is 6.92 Å². The van der Waals surface area contributed by atoms with Gasteiger partial charge in [-0.05, 0) is 30.0 Å². The molecule has 0 fully saturated rings. The van der Waals surface area contributed by atoms with Gasteiger partial charge >= 0.3 is 8.03 Å². The third-order valence-corrected chi connectivity index (χ3v) is 6.19. The van der Waals surface area contributed by atoms with Gasteiger partial charge in [0.05, 0.1) is 0 Å². The lowest BCUT2D eigenvalue weighted by Gasteiger charge is -2.10. The Morgan fingerprint density at radius 1 is 0.889 bits per heavy atom. The maximum Gasteiger partial charge on any atom is 0.548 e. The Morgan fingerprint density at radius 2 is 1.41 bits per heavy atom. The number of carbonyl (C=O) groups is 1. The molecule has 0 aromatic heterocycles. The van der Waals surface area contributed by atoms with Crippen LogP contribution in [0.1, 0.15) is 90.9 Å². The largest absolute Gasteiger partial charge is 0.548 e. The molecule has 2 atom stereocenters. The molecule has 0 bridgehead atoms. The molecule has 2 unspecified atom stereocenters. The first kappa shape index (κ1) is 24.0. The molecule has 4 heteroatoms. The number of rotatable bonds is 17. The lowest BCUT2D eigenvalue weighted by molar-refractivity contribution is -0.121. The smallest absolute Gasteiger partial charge is 0.300 e. The Bertz CT molecular complexity index is 516. The number of hydrogen-bond acceptors (Lipinski definition) is 3. The van der Waals surface area contributed by atoms with Crippen LogP contribution in [0.15, 0.2) is 30.3 Å². The molecule has 0 saturated heterocycles. The van der Waals surface area contributed by atoms with Gasteiger partial charge in [-0.25, -0.2) is 0 Å². The van der Waals surface area contributed by atoms with Crippen LogP contribution in [0.25, 0.3) is 0 Å². The van der Waals surface area contributed by atoms with Crippen LogP contribution >= 0.6 is 8.03 Å². The number of ketones is 1. The fourth-order valence-electron chi connectivity index (χ4n) is 3.24. The van der Waals surface area contributed by atoms with Gasteiger partial charge in [0, 0.05) is 5.92 Å². The third-order valence-electron chi connectivity index (χ3n) is 5.09. The molecule has 152 valence electrons. The Balaban J connectivity index is 2.08. The molecule has 0 aliphatic rings. The zero-order chi connectivity index (χ0) is 19.7. The highest BCUT2D eigenvalue weighted by molar-refractivity contribution is 7.48. The molecule has 27 heavy (non-hydrogen) atoms. The maximum atomic E-state index is 12.1. The topological polar surface area (TPSA) is 43.4 Å². The van der Waals surface area contributed by atoms with Crippen molar-refractivity contribution in [2.75, 3.05) is 6.61 Å². The van der Waals surface area contributed by atoms with E-state index in [0.717, 1.165) is 12.8 Å². The molecule has 1 aromatic carbocycles. The fourth-order valence-corrected chi connectivity index (χ4v) is 4.12. The second-order valence-corrected chi connectivity index (χ2v) is 8.81. The summed E-state index contributed by atoms with van der Waals surface area (Å²) in [5.41, 5.74) is 0. The summed E-state index contributed by atoms with van der Waals surface area (Å²) in [7, 11) is -1.87. The molecule has 0 spiro atoms. The van der Waals surface area contributed by atoms with Crippen LogP contribution in [0.4, 0.5) is 0 Å². The van der Waals surface area contributed by atoms with Crippen LogP contribution in [0.5, 0.6) is 0 Å². The Labute approximate surface area is 167 Å². The summed E-state index contributed by atoms with van der Waals surface area (Å²) in [6.45, 7) is 4.13. The summed E-state index contributed by atoms with van der Waals surface area (Å²) in [5.74, 6) is 0.00442.